The Balaban J connectivity index is 2.36. The summed E-state index contributed by atoms with van der Waals surface area (Å²) < 4.78 is 0. The third kappa shape index (κ3) is 5.49. The lowest BCUT2D eigenvalue weighted by Crippen LogP contribution is -2.46. The summed E-state index contributed by atoms with van der Waals surface area (Å²) in [5, 5.41) is 8.73. The van der Waals surface area contributed by atoms with E-state index in [2.05, 4.69) is 11.8 Å². The first kappa shape index (κ1) is 17.0. The average Bonchev–Trinajstić information content (AvgIpc) is 2.38. The molecule has 0 bridgehead atoms. The van der Waals surface area contributed by atoms with Crippen molar-refractivity contribution in [2.24, 2.45) is 5.92 Å². The van der Waals surface area contributed by atoms with Crippen LogP contribution >= 0.6 is 0 Å². The van der Waals surface area contributed by atoms with Gasteiger partial charge in [0, 0.05) is 39.0 Å². The number of rotatable bonds is 7. The minimum absolute atomic E-state index is 0.0640. The van der Waals surface area contributed by atoms with Crippen LogP contribution in [0.5, 0.6) is 0 Å². The molecular formula is C15H28N2O3. The van der Waals surface area contributed by atoms with Crippen LogP contribution in [-0.4, -0.2) is 59.5 Å². The number of carbonyl (C=O) groups excluding carboxylic acids is 1. The van der Waals surface area contributed by atoms with E-state index in [0.29, 0.717) is 12.5 Å². The summed E-state index contributed by atoms with van der Waals surface area (Å²) in [6.07, 6.45) is 3.61. The van der Waals surface area contributed by atoms with Crippen LogP contribution in [0, 0.1) is 5.92 Å². The summed E-state index contributed by atoms with van der Waals surface area (Å²) in [5.41, 5.74) is 0. The second-order valence-corrected chi connectivity index (χ2v) is 5.98. The highest BCUT2D eigenvalue weighted by Gasteiger charge is 2.25. The Labute approximate surface area is 121 Å². The van der Waals surface area contributed by atoms with E-state index < -0.39 is 5.97 Å². The maximum atomic E-state index is 12.2. The van der Waals surface area contributed by atoms with Gasteiger partial charge < -0.3 is 14.9 Å². The van der Waals surface area contributed by atoms with Gasteiger partial charge >= 0.3 is 5.97 Å². The van der Waals surface area contributed by atoms with E-state index in [1.807, 2.05) is 18.9 Å². The van der Waals surface area contributed by atoms with E-state index in [0.717, 1.165) is 32.5 Å². The Morgan fingerprint density at radius 2 is 1.90 bits per heavy atom. The van der Waals surface area contributed by atoms with Gasteiger partial charge in [0.15, 0.2) is 0 Å². The van der Waals surface area contributed by atoms with Crippen molar-refractivity contribution in [3.8, 4) is 0 Å². The molecule has 0 aromatic heterocycles. The number of aliphatic carboxylic acids is 1. The van der Waals surface area contributed by atoms with Crippen molar-refractivity contribution in [1.82, 2.24) is 9.80 Å². The van der Waals surface area contributed by atoms with Crippen LogP contribution in [0.2, 0.25) is 0 Å². The molecule has 5 heteroatoms. The average molecular weight is 284 g/mol. The third-order valence-corrected chi connectivity index (χ3v) is 4.08. The Morgan fingerprint density at radius 1 is 1.30 bits per heavy atom. The predicted molar refractivity (Wildman–Crippen MR) is 78.6 cm³/mol. The summed E-state index contributed by atoms with van der Waals surface area (Å²) >= 11 is 0. The van der Waals surface area contributed by atoms with Crippen LogP contribution in [0.15, 0.2) is 0 Å². The number of amides is 1. The van der Waals surface area contributed by atoms with E-state index in [9.17, 15) is 9.59 Å². The minimum atomic E-state index is -0.833. The largest absolute Gasteiger partial charge is 0.481 e. The quantitative estimate of drug-likeness (QED) is 0.774. The first-order valence-corrected chi connectivity index (χ1v) is 7.63. The van der Waals surface area contributed by atoms with Crippen molar-refractivity contribution in [1.29, 1.82) is 0 Å². The van der Waals surface area contributed by atoms with Crippen LogP contribution in [0.4, 0.5) is 0 Å². The van der Waals surface area contributed by atoms with Gasteiger partial charge in [-0.15, -0.1) is 0 Å². The van der Waals surface area contributed by atoms with Crippen molar-refractivity contribution in [2.75, 3.05) is 26.7 Å². The van der Waals surface area contributed by atoms with Crippen molar-refractivity contribution in [3.05, 3.63) is 0 Å². The van der Waals surface area contributed by atoms with E-state index >= 15 is 0 Å². The Morgan fingerprint density at radius 3 is 2.40 bits per heavy atom. The van der Waals surface area contributed by atoms with Crippen LogP contribution in [-0.2, 0) is 9.59 Å². The van der Waals surface area contributed by atoms with Gasteiger partial charge in [0.1, 0.15) is 0 Å². The molecule has 0 aromatic rings. The van der Waals surface area contributed by atoms with Crippen LogP contribution < -0.4 is 0 Å². The molecule has 1 atom stereocenters. The molecule has 1 N–H and O–H groups in total. The van der Waals surface area contributed by atoms with Crippen molar-refractivity contribution in [2.45, 2.75) is 52.0 Å². The van der Waals surface area contributed by atoms with Gasteiger partial charge in [-0.05, 0) is 31.7 Å². The van der Waals surface area contributed by atoms with Gasteiger partial charge in [0.25, 0.3) is 0 Å². The number of hydrogen-bond donors (Lipinski definition) is 1. The molecule has 0 radical (unpaired) electrons. The maximum absolute atomic E-state index is 12.2. The molecule has 1 fully saturated rings. The molecule has 116 valence electrons. The van der Waals surface area contributed by atoms with Crippen LogP contribution in [0.3, 0.4) is 0 Å². The monoisotopic (exact) mass is 284 g/mol. The van der Waals surface area contributed by atoms with Gasteiger partial charge in [0.2, 0.25) is 5.91 Å². The third-order valence-electron chi connectivity index (χ3n) is 4.08. The summed E-state index contributed by atoms with van der Waals surface area (Å²) in [4.78, 5) is 27.1. The number of nitrogens with zero attached hydrogens (tertiary/aromatic N) is 2. The van der Waals surface area contributed by atoms with Crippen LogP contribution in [0.25, 0.3) is 0 Å². The lowest BCUT2D eigenvalue weighted by molar-refractivity contribution is -0.138. The Bertz CT molecular complexity index is 325. The van der Waals surface area contributed by atoms with Crippen LogP contribution in [0.1, 0.15) is 46.0 Å². The molecule has 0 aromatic carbocycles. The second kappa shape index (κ2) is 8.25. The van der Waals surface area contributed by atoms with Gasteiger partial charge in [-0.25, -0.2) is 0 Å². The SMILES string of the molecule is CCCN1CCC(N(C)C(=O)CC(C)CC(=O)O)CC1. The number of piperidine rings is 1. The fraction of sp³-hybridized carbons (Fsp3) is 0.867. The minimum Gasteiger partial charge on any atom is -0.481 e. The highest BCUT2D eigenvalue weighted by Crippen LogP contribution is 2.18. The Kier molecular flexibility index (Phi) is 6.99. The number of carboxylic acid groups (broad SMARTS) is 1. The lowest BCUT2D eigenvalue weighted by atomic mass is 10.00. The second-order valence-electron chi connectivity index (χ2n) is 5.98. The highest BCUT2D eigenvalue weighted by molar-refractivity contribution is 5.77. The van der Waals surface area contributed by atoms with E-state index in [1.165, 1.54) is 6.42 Å². The van der Waals surface area contributed by atoms with Gasteiger partial charge in [-0.2, -0.15) is 0 Å². The number of carboxylic acids is 1. The number of carbonyl (C=O) groups is 2. The normalized spacial score (nSPS) is 18.8. The molecule has 1 rings (SSSR count). The first-order valence-electron chi connectivity index (χ1n) is 7.63. The number of hydrogen-bond acceptors (Lipinski definition) is 3. The zero-order chi connectivity index (χ0) is 15.1. The molecule has 5 nitrogen and oxygen atoms in total. The smallest absolute Gasteiger partial charge is 0.303 e. The van der Waals surface area contributed by atoms with Gasteiger partial charge in [0.05, 0.1) is 0 Å². The fourth-order valence-electron chi connectivity index (χ4n) is 2.86. The van der Waals surface area contributed by atoms with E-state index in [4.69, 9.17) is 5.11 Å². The van der Waals surface area contributed by atoms with E-state index in [1.54, 1.807) is 0 Å². The Hall–Kier alpha value is -1.10. The molecule has 0 spiro atoms. The highest BCUT2D eigenvalue weighted by atomic mass is 16.4. The van der Waals surface area contributed by atoms with Crippen molar-refractivity contribution in [3.63, 3.8) is 0 Å². The standard InChI is InChI=1S/C15H28N2O3/c1-4-7-17-8-5-13(6-9-17)16(3)14(18)10-12(2)11-15(19)20/h12-13H,4-11H2,1-3H3,(H,19,20). The van der Waals surface area contributed by atoms with E-state index in [-0.39, 0.29) is 18.2 Å². The lowest BCUT2D eigenvalue weighted by Gasteiger charge is -2.37. The molecule has 1 unspecified atom stereocenters. The summed E-state index contributed by atoms with van der Waals surface area (Å²) in [5.74, 6) is -0.851. The molecule has 0 aliphatic carbocycles. The first-order chi connectivity index (χ1) is 9.43. The molecule has 1 amide bonds. The summed E-state index contributed by atoms with van der Waals surface area (Å²) in [7, 11) is 1.86. The molecule has 20 heavy (non-hydrogen) atoms. The van der Waals surface area contributed by atoms with Gasteiger partial charge in [-0.3, -0.25) is 9.59 Å². The zero-order valence-corrected chi connectivity index (χ0v) is 13.0. The summed E-state index contributed by atoms with van der Waals surface area (Å²) in [6.45, 7) is 7.26. The van der Waals surface area contributed by atoms with Gasteiger partial charge in [-0.1, -0.05) is 13.8 Å². The van der Waals surface area contributed by atoms with Crippen molar-refractivity contribution >= 4 is 11.9 Å². The fourth-order valence-corrected chi connectivity index (χ4v) is 2.86. The maximum Gasteiger partial charge on any atom is 0.303 e. The number of likely N-dealkylation sites (tertiary alicyclic amines) is 1. The molecule has 0 saturated carbocycles. The molecule has 1 aliphatic heterocycles. The molecule has 1 heterocycles. The van der Waals surface area contributed by atoms with Crippen molar-refractivity contribution < 1.29 is 14.7 Å². The zero-order valence-electron chi connectivity index (χ0n) is 13.0. The molecular weight excluding hydrogens is 256 g/mol. The molecule has 1 aliphatic rings. The molecule has 1 saturated heterocycles. The topological polar surface area (TPSA) is 60.9 Å². The summed E-state index contributed by atoms with van der Waals surface area (Å²) in [6, 6.07) is 0.313. The predicted octanol–water partition coefficient (Wildman–Crippen LogP) is 1.82.